The van der Waals surface area contributed by atoms with Crippen molar-refractivity contribution < 1.29 is 13.9 Å². The van der Waals surface area contributed by atoms with Gasteiger partial charge in [0, 0.05) is 13.1 Å². The molecule has 0 atom stereocenters. The number of rotatable bonds is 3. The number of amides is 1. The molecule has 1 amide bonds. The normalized spacial score (nSPS) is 14.6. The maximum Gasteiger partial charge on any atom is 0.257 e. The first-order chi connectivity index (χ1) is 10.7. The van der Waals surface area contributed by atoms with Crippen LogP contribution in [0.3, 0.4) is 0 Å². The highest BCUT2D eigenvalue weighted by atomic mass is 16.5. The summed E-state index contributed by atoms with van der Waals surface area (Å²) in [5.41, 5.74) is 3.12. The number of hydrogen-bond donors (Lipinski definition) is 0. The zero-order chi connectivity index (χ0) is 15.5. The average molecular weight is 297 g/mol. The topological polar surface area (TPSA) is 42.7 Å². The van der Waals surface area contributed by atoms with Crippen molar-refractivity contribution in [1.82, 2.24) is 4.90 Å². The summed E-state index contributed by atoms with van der Waals surface area (Å²) < 4.78 is 10.4. The number of methoxy groups -OCH3 is 1. The first-order valence-corrected chi connectivity index (χ1v) is 7.36. The van der Waals surface area contributed by atoms with Crippen LogP contribution in [-0.4, -0.2) is 31.0 Å². The van der Waals surface area contributed by atoms with Gasteiger partial charge in [-0.05, 0) is 42.7 Å². The molecule has 0 saturated heterocycles. The van der Waals surface area contributed by atoms with Gasteiger partial charge in [0.25, 0.3) is 5.91 Å². The SMILES string of the molecule is COc1ccc(C2=CCN(C(=O)c3ccoc3C)CC2)cc1. The molecule has 114 valence electrons. The lowest BCUT2D eigenvalue weighted by molar-refractivity contribution is 0.0771. The molecule has 0 spiro atoms. The van der Waals surface area contributed by atoms with Gasteiger partial charge in [0.05, 0.1) is 18.9 Å². The molecular formula is C18H19NO3. The summed E-state index contributed by atoms with van der Waals surface area (Å²) >= 11 is 0. The van der Waals surface area contributed by atoms with E-state index in [1.165, 1.54) is 11.1 Å². The number of nitrogens with zero attached hydrogens (tertiary/aromatic N) is 1. The summed E-state index contributed by atoms with van der Waals surface area (Å²) in [6.45, 7) is 3.17. The molecule has 4 heteroatoms. The molecule has 1 aromatic carbocycles. The standard InChI is InChI=1S/C18H19NO3/c1-13-17(9-12-22-13)18(20)19-10-7-15(8-11-19)14-3-5-16(21-2)6-4-14/h3-7,9,12H,8,10-11H2,1-2H3. The molecule has 0 saturated carbocycles. The molecule has 22 heavy (non-hydrogen) atoms. The molecule has 4 nitrogen and oxygen atoms in total. The fraction of sp³-hybridized carbons (Fsp3) is 0.278. The van der Waals surface area contributed by atoms with Gasteiger partial charge in [-0.25, -0.2) is 0 Å². The van der Waals surface area contributed by atoms with Crippen LogP contribution in [0.5, 0.6) is 5.75 Å². The molecule has 1 aromatic heterocycles. The van der Waals surface area contributed by atoms with Crippen molar-refractivity contribution in [3.05, 3.63) is 59.6 Å². The van der Waals surface area contributed by atoms with Crippen LogP contribution in [0.15, 0.2) is 47.1 Å². The van der Waals surface area contributed by atoms with Crippen LogP contribution in [0, 0.1) is 6.92 Å². The minimum Gasteiger partial charge on any atom is -0.497 e. The zero-order valence-corrected chi connectivity index (χ0v) is 12.8. The van der Waals surface area contributed by atoms with E-state index >= 15 is 0 Å². The Kier molecular flexibility index (Phi) is 4.00. The Morgan fingerprint density at radius 2 is 2.00 bits per heavy atom. The molecule has 0 fully saturated rings. The Balaban J connectivity index is 1.71. The van der Waals surface area contributed by atoms with Crippen molar-refractivity contribution in [1.29, 1.82) is 0 Å². The van der Waals surface area contributed by atoms with E-state index in [2.05, 4.69) is 18.2 Å². The van der Waals surface area contributed by atoms with E-state index in [0.29, 0.717) is 17.9 Å². The van der Waals surface area contributed by atoms with Crippen LogP contribution < -0.4 is 4.74 Å². The smallest absolute Gasteiger partial charge is 0.257 e. The highest BCUT2D eigenvalue weighted by molar-refractivity contribution is 5.95. The summed E-state index contributed by atoms with van der Waals surface area (Å²) in [6, 6.07) is 9.77. The van der Waals surface area contributed by atoms with Gasteiger partial charge in [0.15, 0.2) is 0 Å². The van der Waals surface area contributed by atoms with Gasteiger partial charge in [-0.1, -0.05) is 18.2 Å². The first-order valence-electron chi connectivity index (χ1n) is 7.36. The Morgan fingerprint density at radius 1 is 1.23 bits per heavy atom. The quantitative estimate of drug-likeness (QED) is 0.870. The maximum absolute atomic E-state index is 12.4. The van der Waals surface area contributed by atoms with Crippen molar-refractivity contribution in [3.63, 3.8) is 0 Å². The minimum absolute atomic E-state index is 0.0382. The molecule has 2 heterocycles. The van der Waals surface area contributed by atoms with Crippen LogP contribution in [0.25, 0.3) is 5.57 Å². The fourth-order valence-electron chi connectivity index (χ4n) is 2.70. The highest BCUT2D eigenvalue weighted by Crippen LogP contribution is 2.25. The molecule has 0 bridgehead atoms. The summed E-state index contributed by atoms with van der Waals surface area (Å²) in [4.78, 5) is 14.3. The third kappa shape index (κ3) is 2.77. The Labute approximate surface area is 130 Å². The molecular weight excluding hydrogens is 278 g/mol. The molecule has 0 N–H and O–H groups in total. The minimum atomic E-state index is 0.0382. The zero-order valence-electron chi connectivity index (χ0n) is 12.8. The van der Waals surface area contributed by atoms with Gasteiger partial charge in [-0.2, -0.15) is 0 Å². The molecule has 0 radical (unpaired) electrons. The van der Waals surface area contributed by atoms with Gasteiger partial charge in [-0.15, -0.1) is 0 Å². The Hall–Kier alpha value is -2.49. The monoisotopic (exact) mass is 297 g/mol. The van der Waals surface area contributed by atoms with E-state index in [1.54, 1.807) is 19.4 Å². The summed E-state index contributed by atoms with van der Waals surface area (Å²) in [7, 11) is 1.66. The van der Waals surface area contributed by atoms with Crippen LogP contribution in [-0.2, 0) is 0 Å². The average Bonchev–Trinajstić information content (AvgIpc) is 3.00. The highest BCUT2D eigenvalue weighted by Gasteiger charge is 2.21. The second-order valence-electron chi connectivity index (χ2n) is 5.35. The van der Waals surface area contributed by atoms with E-state index in [9.17, 15) is 4.79 Å². The van der Waals surface area contributed by atoms with Crippen molar-refractivity contribution in [2.45, 2.75) is 13.3 Å². The summed E-state index contributed by atoms with van der Waals surface area (Å²) in [5, 5.41) is 0. The summed E-state index contributed by atoms with van der Waals surface area (Å²) in [5.74, 6) is 1.57. The first kappa shape index (κ1) is 14.4. The van der Waals surface area contributed by atoms with Crippen molar-refractivity contribution in [2.24, 2.45) is 0 Å². The molecule has 2 aromatic rings. The molecule has 0 aliphatic carbocycles. The largest absolute Gasteiger partial charge is 0.497 e. The number of carbonyl (C=O) groups is 1. The fourth-order valence-corrected chi connectivity index (χ4v) is 2.70. The number of furan rings is 1. The van der Waals surface area contributed by atoms with Crippen LogP contribution in [0.1, 0.15) is 28.1 Å². The predicted molar refractivity (Wildman–Crippen MR) is 84.9 cm³/mol. The van der Waals surface area contributed by atoms with Gasteiger partial charge in [-0.3, -0.25) is 4.79 Å². The van der Waals surface area contributed by atoms with Crippen molar-refractivity contribution >= 4 is 11.5 Å². The van der Waals surface area contributed by atoms with E-state index in [-0.39, 0.29) is 5.91 Å². The van der Waals surface area contributed by atoms with Gasteiger partial charge in [0.2, 0.25) is 0 Å². The van der Waals surface area contributed by atoms with Crippen molar-refractivity contribution in [2.75, 3.05) is 20.2 Å². The lowest BCUT2D eigenvalue weighted by Gasteiger charge is -2.26. The Morgan fingerprint density at radius 3 is 2.55 bits per heavy atom. The summed E-state index contributed by atoms with van der Waals surface area (Å²) in [6.07, 6.45) is 4.54. The third-order valence-corrected chi connectivity index (χ3v) is 4.05. The number of aryl methyl sites for hydroxylation is 1. The number of carbonyl (C=O) groups excluding carboxylic acids is 1. The van der Waals surface area contributed by atoms with E-state index in [0.717, 1.165) is 18.7 Å². The lowest BCUT2D eigenvalue weighted by atomic mass is 9.99. The number of benzene rings is 1. The van der Waals surface area contributed by atoms with Gasteiger partial charge in [0.1, 0.15) is 11.5 Å². The Bertz CT molecular complexity index is 697. The number of hydrogen-bond acceptors (Lipinski definition) is 3. The molecule has 1 aliphatic heterocycles. The predicted octanol–water partition coefficient (Wildman–Crippen LogP) is 3.53. The van der Waals surface area contributed by atoms with Gasteiger partial charge < -0.3 is 14.1 Å². The van der Waals surface area contributed by atoms with E-state index in [1.807, 2.05) is 24.0 Å². The van der Waals surface area contributed by atoms with Crippen LogP contribution in [0.4, 0.5) is 0 Å². The third-order valence-electron chi connectivity index (χ3n) is 4.05. The molecule has 1 aliphatic rings. The van der Waals surface area contributed by atoms with Gasteiger partial charge >= 0.3 is 0 Å². The van der Waals surface area contributed by atoms with Crippen molar-refractivity contribution in [3.8, 4) is 5.75 Å². The van der Waals surface area contributed by atoms with Crippen LogP contribution >= 0.6 is 0 Å². The van der Waals surface area contributed by atoms with E-state index in [4.69, 9.17) is 9.15 Å². The number of ether oxygens (including phenoxy) is 1. The lowest BCUT2D eigenvalue weighted by Crippen LogP contribution is -2.34. The maximum atomic E-state index is 12.4. The van der Waals surface area contributed by atoms with E-state index < -0.39 is 0 Å². The molecule has 3 rings (SSSR count). The second-order valence-corrected chi connectivity index (χ2v) is 5.35. The molecule has 0 unspecified atom stereocenters. The van der Waals surface area contributed by atoms with Crippen LogP contribution in [0.2, 0.25) is 0 Å². The second kappa shape index (κ2) is 6.10.